The van der Waals surface area contributed by atoms with Crippen LogP contribution in [0.4, 0.5) is 0 Å². The Kier molecular flexibility index (Phi) is 4.19. The average Bonchev–Trinajstić information content (AvgIpc) is 3.02. The fourth-order valence-corrected chi connectivity index (χ4v) is 3.93. The number of hydrogen-bond acceptors (Lipinski definition) is 6. The van der Waals surface area contributed by atoms with Gasteiger partial charge in [0.25, 0.3) is 0 Å². The van der Waals surface area contributed by atoms with E-state index >= 15 is 0 Å². The second-order valence-corrected chi connectivity index (χ2v) is 7.79. The molecule has 9 heteroatoms. The lowest BCUT2D eigenvalue weighted by atomic mass is 10.2. The van der Waals surface area contributed by atoms with Gasteiger partial charge in [-0.2, -0.15) is 9.61 Å². The minimum atomic E-state index is -3.34. The van der Waals surface area contributed by atoms with E-state index in [1.807, 2.05) is 31.2 Å². The van der Waals surface area contributed by atoms with Crippen LogP contribution in [0, 0.1) is 6.92 Å². The van der Waals surface area contributed by atoms with Crippen LogP contribution < -0.4 is 4.72 Å². The number of aryl methyl sites for hydroxylation is 1. The van der Waals surface area contributed by atoms with E-state index in [-0.39, 0.29) is 5.75 Å². The van der Waals surface area contributed by atoms with Crippen molar-refractivity contribution in [2.24, 2.45) is 0 Å². The van der Waals surface area contributed by atoms with Crippen LogP contribution in [-0.2, 0) is 22.2 Å². The average molecular weight is 337 g/mol. The molecular formula is C13H15N5O2S2. The van der Waals surface area contributed by atoms with Crippen LogP contribution in [0.25, 0.3) is 4.96 Å². The number of sulfonamides is 1. The van der Waals surface area contributed by atoms with Gasteiger partial charge in [-0.25, -0.2) is 13.1 Å². The van der Waals surface area contributed by atoms with Crippen LogP contribution in [0.15, 0.2) is 30.6 Å². The van der Waals surface area contributed by atoms with E-state index in [2.05, 4.69) is 20.0 Å². The lowest BCUT2D eigenvalue weighted by Gasteiger charge is -2.06. The summed E-state index contributed by atoms with van der Waals surface area (Å²) < 4.78 is 28.3. The Hall–Kier alpha value is -1.84. The summed E-state index contributed by atoms with van der Waals surface area (Å²) in [6.07, 6.45) is 2.05. The summed E-state index contributed by atoms with van der Waals surface area (Å²) in [5.41, 5.74) is 1.88. The molecule has 3 rings (SSSR count). The van der Waals surface area contributed by atoms with Crippen LogP contribution in [0.1, 0.15) is 16.1 Å². The van der Waals surface area contributed by atoms with E-state index in [1.54, 1.807) is 4.52 Å². The standard InChI is InChI=1S/C13H15N5O2S2/c1-10-2-4-11(5-3-10)8-22(19,20)15-7-6-12-17-18-9-14-16-13(18)21-12/h2-5,9,15H,6-8H2,1H3. The molecule has 22 heavy (non-hydrogen) atoms. The summed E-state index contributed by atoms with van der Waals surface area (Å²) in [5, 5.41) is 12.7. The highest BCUT2D eigenvalue weighted by Gasteiger charge is 2.12. The smallest absolute Gasteiger partial charge is 0.215 e. The molecule has 1 aromatic carbocycles. The maximum Gasteiger partial charge on any atom is 0.234 e. The molecule has 1 N–H and O–H groups in total. The molecular weight excluding hydrogens is 322 g/mol. The van der Waals surface area contributed by atoms with Crippen molar-refractivity contribution in [1.82, 2.24) is 24.5 Å². The predicted octanol–water partition coefficient (Wildman–Crippen LogP) is 1.16. The minimum Gasteiger partial charge on any atom is -0.215 e. The molecule has 0 fully saturated rings. The molecule has 0 atom stereocenters. The summed E-state index contributed by atoms with van der Waals surface area (Å²) in [7, 11) is -3.34. The maximum atomic E-state index is 12.0. The van der Waals surface area contributed by atoms with Gasteiger partial charge < -0.3 is 0 Å². The summed E-state index contributed by atoms with van der Waals surface area (Å²) in [6.45, 7) is 2.29. The maximum absolute atomic E-state index is 12.0. The van der Waals surface area contributed by atoms with Gasteiger partial charge in [-0.15, -0.1) is 10.2 Å². The number of nitrogens with one attached hydrogen (secondary N) is 1. The molecule has 0 aliphatic heterocycles. The van der Waals surface area contributed by atoms with Crippen molar-refractivity contribution < 1.29 is 8.42 Å². The van der Waals surface area contributed by atoms with E-state index in [0.29, 0.717) is 17.9 Å². The van der Waals surface area contributed by atoms with Crippen LogP contribution in [0.3, 0.4) is 0 Å². The van der Waals surface area contributed by atoms with Gasteiger partial charge in [0, 0.05) is 13.0 Å². The third kappa shape index (κ3) is 3.67. The zero-order chi connectivity index (χ0) is 15.6. The fraction of sp³-hybridized carbons (Fsp3) is 0.308. The van der Waals surface area contributed by atoms with Gasteiger partial charge in [0.05, 0.1) is 5.75 Å². The van der Waals surface area contributed by atoms with Crippen molar-refractivity contribution >= 4 is 26.3 Å². The first-order valence-corrected chi connectivity index (χ1v) is 9.17. The van der Waals surface area contributed by atoms with Crippen LogP contribution in [0.5, 0.6) is 0 Å². The second-order valence-electron chi connectivity index (χ2n) is 4.94. The van der Waals surface area contributed by atoms with E-state index in [4.69, 9.17) is 0 Å². The topological polar surface area (TPSA) is 89.2 Å². The minimum absolute atomic E-state index is 0.0155. The monoisotopic (exact) mass is 337 g/mol. The van der Waals surface area contributed by atoms with Gasteiger partial charge in [0.1, 0.15) is 11.3 Å². The second kappa shape index (κ2) is 6.11. The Morgan fingerprint density at radius 2 is 2.05 bits per heavy atom. The lowest BCUT2D eigenvalue weighted by molar-refractivity contribution is 0.580. The Labute approximate surface area is 132 Å². The summed E-state index contributed by atoms with van der Waals surface area (Å²) in [6, 6.07) is 7.48. The van der Waals surface area contributed by atoms with E-state index < -0.39 is 10.0 Å². The van der Waals surface area contributed by atoms with E-state index in [9.17, 15) is 8.42 Å². The number of hydrogen-bond donors (Lipinski definition) is 1. The van der Waals surface area contributed by atoms with Gasteiger partial charge in [0.2, 0.25) is 15.0 Å². The Balaban J connectivity index is 1.55. The molecule has 0 amide bonds. The summed E-state index contributed by atoms with van der Waals surface area (Å²) in [4.78, 5) is 0.706. The molecule has 0 bridgehead atoms. The predicted molar refractivity (Wildman–Crippen MR) is 84.2 cm³/mol. The SMILES string of the molecule is Cc1ccc(CS(=O)(=O)NCCc2nn3cnnc3s2)cc1. The molecule has 0 aliphatic rings. The van der Waals surface area contributed by atoms with Crippen LogP contribution in [0.2, 0.25) is 0 Å². The van der Waals surface area contributed by atoms with Crippen molar-refractivity contribution in [2.75, 3.05) is 6.54 Å². The van der Waals surface area contributed by atoms with Gasteiger partial charge in [-0.1, -0.05) is 41.2 Å². The first-order chi connectivity index (χ1) is 10.5. The Morgan fingerprint density at radius 1 is 1.27 bits per heavy atom. The highest BCUT2D eigenvalue weighted by molar-refractivity contribution is 7.88. The van der Waals surface area contributed by atoms with E-state index in [1.165, 1.54) is 17.7 Å². The fourth-order valence-electron chi connectivity index (χ4n) is 1.97. The zero-order valence-corrected chi connectivity index (χ0v) is 13.6. The van der Waals surface area contributed by atoms with Crippen LogP contribution >= 0.6 is 11.3 Å². The van der Waals surface area contributed by atoms with Crippen molar-refractivity contribution in [3.05, 3.63) is 46.7 Å². The molecule has 0 radical (unpaired) electrons. The molecule has 2 aromatic heterocycles. The van der Waals surface area contributed by atoms with Crippen molar-refractivity contribution in [1.29, 1.82) is 0 Å². The number of rotatable bonds is 6. The highest BCUT2D eigenvalue weighted by atomic mass is 32.2. The highest BCUT2D eigenvalue weighted by Crippen LogP contribution is 2.12. The van der Waals surface area contributed by atoms with Crippen LogP contribution in [-0.4, -0.2) is 34.8 Å². The zero-order valence-electron chi connectivity index (χ0n) is 11.9. The third-order valence-corrected chi connectivity index (χ3v) is 5.40. The third-order valence-electron chi connectivity index (χ3n) is 3.07. The molecule has 116 valence electrons. The van der Waals surface area contributed by atoms with Crippen molar-refractivity contribution in [2.45, 2.75) is 19.1 Å². The molecule has 3 aromatic rings. The number of benzene rings is 1. The van der Waals surface area contributed by atoms with E-state index in [0.717, 1.165) is 16.1 Å². The molecule has 7 nitrogen and oxygen atoms in total. The number of aromatic nitrogens is 4. The van der Waals surface area contributed by atoms with Gasteiger partial charge in [-0.05, 0) is 12.5 Å². The summed E-state index contributed by atoms with van der Waals surface area (Å²) in [5.74, 6) is -0.0155. The number of nitrogens with zero attached hydrogens (tertiary/aromatic N) is 4. The van der Waals surface area contributed by atoms with Crippen molar-refractivity contribution in [3.8, 4) is 0 Å². The summed E-state index contributed by atoms with van der Waals surface area (Å²) >= 11 is 1.40. The largest absolute Gasteiger partial charge is 0.234 e. The van der Waals surface area contributed by atoms with Crippen molar-refractivity contribution in [3.63, 3.8) is 0 Å². The molecule has 0 aliphatic carbocycles. The Morgan fingerprint density at radius 3 is 2.77 bits per heavy atom. The first-order valence-electron chi connectivity index (χ1n) is 6.70. The molecule has 2 heterocycles. The molecule has 0 unspecified atom stereocenters. The molecule has 0 spiro atoms. The number of fused-ring (bicyclic) bond motifs is 1. The quantitative estimate of drug-likeness (QED) is 0.729. The van der Waals surface area contributed by atoms with Gasteiger partial charge >= 0.3 is 0 Å². The normalized spacial score (nSPS) is 12.0. The first kappa shape index (κ1) is 15.1. The molecule has 0 saturated carbocycles. The lowest BCUT2D eigenvalue weighted by Crippen LogP contribution is -2.27. The van der Waals surface area contributed by atoms with Gasteiger partial charge in [-0.3, -0.25) is 0 Å². The Bertz CT molecular complexity index is 839. The molecule has 0 saturated heterocycles. The van der Waals surface area contributed by atoms with Gasteiger partial charge in [0.15, 0.2) is 0 Å².